The fourth-order valence-electron chi connectivity index (χ4n) is 10.8. The van der Waals surface area contributed by atoms with E-state index >= 15 is 8.90 Å². The van der Waals surface area contributed by atoms with Gasteiger partial charge in [0.2, 0.25) is 8.41 Å². The Morgan fingerprint density at radius 1 is 0.774 bits per heavy atom. The number of ether oxygens (including phenoxy) is 1. The number of amides is 3. The van der Waals surface area contributed by atoms with Crippen molar-refractivity contribution >= 4 is 76.1 Å². The topological polar surface area (TPSA) is 121 Å². The van der Waals surface area contributed by atoms with Crippen molar-refractivity contribution in [3.63, 3.8) is 0 Å². The largest absolute Gasteiger partial charge is 0.396 e. The van der Waals surface area contributed by atoms with Gasteiger partial charge >= 0.3 is 0 Å². The molecule has 4 aliphatic heterocycles. The van der Waals surface area contributed by atoms with Crippen LogP contribution in [-0.4, -0.2) is 58.9 Å². The van der Waals surface area contributed by atoms with E-state index in [2.05, 4.69) is 10.3 Å². The number of anilines is 5. The quantitative estimate of drug-likeness (QED) is 0.108. The predicted molar refractivity (Wildman–Crippen MR) is 238 cm³/mol. The van der Waals surface area contributed by atoms with Crippen molar-refractivity contribution in [3.05, 3.63) is 149 Å². The predicted octanol–water partition coefficient (Wildman–Crippen LogP) is 9.12. The van der Waals surface area contributed by atoms with E-state index in [1.807, 2.05) is 122 Å². The van der Waals surface area contributed by atoms with Crippen LogP contribution >= 0.6 is 0 Å². The molecule has 6 aromatic carbocycles. The molecule has 1 saturated heterocycles. The molecule has 1 fully saturated rings. The van der Waals surface area contributed by atoms with Gasteiger partial charge in [-0.1, -0.05) is 72.8 Å². The molecular formula is C49H43FN6O5Si. The van der Waals surface area contributed by atoms with Crippen LogP contribution in [0.25, 0.3) is 21.5 Å². The fraction of sp³-hybridized carbons (Fsp3) is 0.245. The number of aliphatic hydroxyl groups excluding tert-OH is 1. The van der Waals surface area contributed by atoms with E-state index in [4.69, 9.17) is 4.74 Å². The van der Waals surface area contributed by atoms with Gasteiger partial charge in [0.25, 0.3) is 17.7 Å². The second-order valence-electron chi connectivity index (χ2n) is 17.4. The van der Waals surface area contributed by atoms with Crippen molar-refractivity contribution in [1.82, 2.24) is 15.0 Å². The van der Waals surface area contributed by atoms with Gasteiger partial charge in [0.15, 0.2) is 5.60 Å². The number of nitrogens with zero attached hydrogens (tertiary/aromatic N) is 6. The number of rotatable bonds is 10. The first-order chi connectivity index (χ1) is 30.0. The number of aliphatic hydroxyl groups is 1. The number of benzene rings is 6. The van der Waals surface area contributed by atoms with Crippen LogP contribution in [-0.2, 0) is 34.6 Å². The third kappa shape index (κ3) is 5.57. The van der Waals surface area contributed by atoms with Crippen LogP contribution in [0.4, 0.5) is 32.5 Å². The van der Waals surface area contributed by atoms with Crippen LogP contribution in [0.15, 0.2) is 121 Å². The monoisotopic (exact) mass is 842 g/mol. The number of carbonyl (C=O) groups excluding carboxylic acids is 3. The van der Waals surface area contributed by atoms with Crippen molar-refractivity contribution in [2.75, 3.05) is 21.3 Å². The van der Waals surface area contributed by atoms with Gasteiger partial charge in [-0.25, -0.2) is 0 Å². The summed E-state index contributed by atoms with van der Waals surface area (Å²) in [7, 11) is -3.50. The molecule has 1 spiro atoms. The first-order valence-electron chi connectivity index (χ1n) is 21.1. The summed E-state index contributed by atoms with van der Waals surface area (Å²) in [6.07, 6.45) is 1.91. The first kappa shape index (κ1) is 38.4. The van der Waals surface area contributed by atoms with Gasteiger partial charge in [-0.3, -0.25) is 28.9 Å². The summed E-state index contributed by atoms with van der Waals surface area (Å²) < 4.78 is 25.6. The molecule has 0 bridgehead atoms. The van der Waals surface area contributed by atoms with E-state index in [1.54, 1.807) is 38.7 Å². The number of halogens is 1. The molecule has 310 valence electrons. The Balaban J connectivity index is 0.977. The zero-order valence-corrected chi connectivity index (χ0v) is 35.5. The summed E-state index contributed by atoms with van der Waals surface area (Å²) in [5.41, 5.74) is 4.79. The van der Waals surface area contributed by atoms with Crippen LogP contribution in [0, 0.1) is 5.92 Å². The molecule has 0 saturated carbocycles. The van der Waals surface area contributed by atoms with Crippen LogP contribution in [0.2, 0.25) is 18.6 Å². The first-order valence-corrected chi connectivity index (χ1v) is 24.1. The standard InChI is InChI=1S/C49H43FN6O5Si/c1-29-45(62(2,3)50)42(22-24-53-28-33(23-25-57)51-52-53)61-49(29)38-26-35(56-41-15-7-11-32-9-5-13-37(44(32)41)47(56)59)20-21-39(38)54(48(49)60)27-30-16-18-34(19-17-30)55-40-14-6-10-31-8-4-12-36(43(31)40)46(55)58/h4-21,26,28-29,42,45,57H,22-25,27H2,1-3H3/t29-,42+,45-,49+/m0/s1. The molecule has 13 heteroatoms. The van der Waals surface area contributed by atoms with E-state index in [0.717, 1.165) is 38.5 Å². The van der Waals surface area contributed by atoms with Gasteiger partial charge < -0.3 is 18.9 Å². The lowest BCUT2D eigenvalue weighted by atomic mass is 9.82. The molecule has 0 radical (unpaired) electrons. The van der Waals surface area contributed by atoms with Crippen molar-refractivity contribution in [3.8, 4) is 0 Å². The van der Waals surface area contributed by atoms with E-state index in [9.17, 15) is 14.7 Å². The van der Waals surface area contributed by atoms with Crippen LogP contribution in [0.5, 0.6) is 0 Å². The Labute approximate surface area is 358 Å². The number of fused-ring (bicyclic) bond motifs is 2. The van der Waals surface area contributed by atoms with Gasteiger partial charge in [0.1, 0.15) is 0 Å². The highest BCUT2D eigenvalue weighted by molar-refractivity contribution is 6.72. The van der Waals surface area contributed by atoms with Crippen LogP contribution in [0.1, 0.15) is 50.9 Å². The lowest BCUT2D eigenvalue weighted by Gasteiger charge is -2.31. The fourth-order valence-corrected chi connectivity index (χ4v) is 13.4. The second kappa shape index (κ2) is 14.0. The lowest BCUT2D eigenvalue weighted by Crippen LogP contribution is -2.45. The number of hydrogen-bond donors (Lipinski definition) is 1. The highest BCUT2D eigenvalue weighted by atomic mass is 28.4. The summed E-state index contributed by atoms with van der Waals surface area (Å²) in [4.78, 5) is 48.6. The molecule has 3 amide bonds. The van der Waals surface area contributed by atoms with E-state index in [1.165, 1.54) is 0 Å². The molecule has 1 aromatic heterocycles. The minimum absolute atomic E-state index is 0.0492. The molecule has 0 aliphatic carbocycles. The number of carbonyl (C=O) groups is 3. The maximum atomic E-state index is 16.8. The molecule has 4 aliphatic rings. The zero-order chi connectivity index (χ0) is 42.7. The second-order valence-corrected chi connectivity index (χ2v) is 21.2. The summed E-state index contributed by atoms with van der Waals surface area (Å²) >= 11 is 0. The minimum Gasteiger partial charge on any atom is -0.396 e. The summed E-state index contributed by atoms with van der Waals surface area (Å²) in [6, 6.07) is 36.6. The van der Waals surface area contributed by atoms with Crippen molar-refractivity contribution in [2.45, 2.75) is 63.2 Å². The van der Waals surface area contributed by atoms with E-state index in [0.29, 0.717) is 58.8 Å². The van der Waals surface area contributed by atoms with Gasteiger partial charge in [0, 0.05) is 64.9 Å². The molecule has 5 heterocycles. The zero-order valence-electron chi connectivity index (χ0n) is 34.5. The third-order valence-electron chi connectivity index (χ3n) is 13.4. The Hall–Kier alpha value is -6.54. The summed E-state index contributed by atoms with van der Waals surface area (Å²) in [5.74, 6) is -1.10. The lowest BCUT2D eigenvalue weighted by molar-refractivity contribution is -0.146. The molecule has 62 heavy (non-hydrogen) atoms. The minimum atomic E-state index is -3.50. The molecule has 0 unspecified atom stereocenters. The average molecular weight is 843 g/mol. The molecule has 11 rings (SSSR count). The summed E-state index contributed by atoms with van der Waals surface area (Å²) in [5, 5.41) is 21.6. The number of aromatic nitrogens is 3. The van der Waals surface area contributed by atoms with Gasteiger partial charge in [0.05, 0.1) is 46.5 Å². The van der Waals surface area contributed by atoms with Gasteiger partial charge in [-0.15, -0.1) is 5.10 Å². The average Bonchev–Trinajstić information content (AvgIpc) is 4.04. The SMILES string of the molecule is C[C@H]1[C@H]([Si](C)(C)F)[C@@H](CCn2cc(CCO)nn2)O[C@]12C(=O)N(Cc1ccc(N3C(=O)c4cccc5cccc3c45)cc1)c1ccc(N3C(=O)c4cccc5cccc3c45)cc12. The number of hydrogen-bond acceptors (Lipinski definition) is 7. The normalized spacial score (nSPS) is 21.5. The molecule has 1 N–H and O–H groups in total. The van der Waals surface area contributed by atoms with Crippen molar-refractivity contribution < 1.29 is 28.3 Å². The van der Waals surface area contributed by atoms with E-state index < -0.39 is 31.6 Å². The number of aryl methyl sites for hydroxylation is 1. The smallest absolute Gasteiger partial charge is 0.264 e. The van der Waals surface area contributed by atoms with Crippen LogP contribution < -0.4 is 14.7 Å². The summed E-state index contributed by atoms with van der Waals surface area (Å²) in [6.45, 7) is 5.82. The molecule has 7 aromatic rings. The molecular weight excluding hydrogens is 800 g/mol. The maximum Gasteiger partial charge on any atom is 0.264 e. The highest BCUT2D eigenvalue weighted by Crippen LogP contribution is 2.61. The molecule has 4 atom stereocenters. The Bertz CT molecular complexity index is 3010. The Morgan fingerprint density at radius 3 is 1.98 bits per heavy atom. The van der Waals surface area contributed by atoms with E-state index in [-0.39, 0.29) is 30.9 Å². The van der Waals surface area contributed by atoms with Crippen LogP contribution in [0.3, 0.4) is 0 Å². The van der Waals surface area contributed by atoms with Gasteiger partial charge in [-0.2, -0.15) is 0 Å². The van der Waals surface area contributed by atoms with Crippen molar-refractivity contribution in [1.29, 1.82) is 0 Å². The third-order valence-corrected chi connectivity index (χ3v) is 15.9. The molecule has 11 nitrogen and oxygen atoms in total. The Kier molecular flexibility index (Phi) is 8.66. The maximum absolute atomic E-state index is 16.8. The van der Waals surface area contributed by atoms with Crippen molar-refractivity contribution in [2.24, 2.45) is 5.92 Å². The highest BCUT2D eigenvalue weighted by Gasteiger charge is 2.66. The van der Waals surface area contributed by atoms with Gasteiger partial charge in [-0.05, 0) is 90.4 Å². The Morgan fingerprint density at radius 2 is 1.37 bits per heavy atom.